The highest BCUT2D eigenvalue weighted by Crippen LogP contribution is 2.47. The Morgan fingerprint density at radius 3 is 1.94 bits per heavy atom. The van der Waals surface area contributed by atoms with Crippen molar-refractivity contribution in [3.63, 3.8) is 0 Å². The van der Waals surface area contributed by atoms with Gasteiger partial charge < -0.3 is 10.5 Å². The normalized spacial score (nSPS) is 30.8. The second-order valence-corrected chi connectivity index (χ2v) is 7.13. The number of ether oxygens (including phenoxy) is 1. The van der Waals surface area contributed by atoms with Gasteiger partial charge in [-0.1, -0.05) is 20.8 Å². The molecule has 1 aliphatic carbocycles. The highest BCUT2D eigenvalue weighted by molar-refractivity contribution is 5.82. The van der Waals surface area contributed by atoms with Gasteiger partial charge in [-0.25, -0.2) is 0 Å². The van der Waals surface area contributed by atoms with Crippen molar-refractivity contribution in [2.24, 2.45) is 17.1 Å². The molecule has 0 aromatic carbocycles. The maximum absolute atomic E-state index is 11.9. The van der Waals surface area contributed by atoms with Crippen molar-refractivity contribution in [3.8, 4) is 0 Å². The number of nitrogens with two attached hydrogens (primary N) is 1. The summed E-state index contributed by atoms with van der Waals surface area (Å²) in [6, 6.07) is 0. The molecule has 0 amide bonds. The summed E-state index contributed by atoms with van der Waals surface area (Å²) in [5.74, 6) is 0.269. The molecule has 1 rings (SSSR count). The first-order valence-corrected chi connectivity index (χ1v) is 5.96. The molecule has 1 fully saturated rings. The van der Waals surface area contributed by atoms with E-state index in [0.717, 1.165) is 12.8 Å². The minimum Gasteiger partial charge on any atom is -0.459 e. The van der Waals surface area contributed by atoms with Crippen LogP contribution in [-0.4, -0.2) is 17.1 Å². The number of hydrogen-bond acceptors (Lipinski definition) is 3. The first kappa shape index (κ1) is 13.5. The van der Waals surface area contributed by atoms with Crippen LogP contribution in [0.25, 0.3) is 0 Å². The lowest BCUT2D eigenvalue weighted by Crippen LogP contribution is -2.61. The molecule has 3 heteroatoms. The molecule has 94 valence electrons. The van der Waals surface area contributed by atoms with E-state index in [0.29, 0.717) is 5.92 Å². The van der Waals surface area contributed by atoms with E-state index in [9.17, 15) is 4.79 Å². The van der Waals surface area contributed by atoms with Gasteiger partial charge in [0.15, 0.2) is 0 Å². The molecule has 0 spiro atoms. The van der Waals surface area contributed by atoms with Crippen molar-refractivity contribution in [2.75, 3.05) is 0 Å². The van der Waals surface area contributed by atoms with Gasteiger partial charge in [0.1, 0.15) is 11.1 Å². The van der Waals surface area contributed by atoms with Crippen LogP contribution >= 0.6 is 0 Å². The highest BCUT2D eigenvalue weighted by Gasteiger charge is 2.52. The lowest BCUT2D eigenvalue weighted by atomic mass is 9.59. The number of esters is 1. The summed E-state index contributed by atoms with van der Waals surface area (Å²) in [5, 5.41) is 0. The third kappa shape index (κ3) is 2.97. The maximum atomic E-state index is 11.9. The molecule has 0 aromatic rings. The third-order valence-corrected chi connectivity index (χ3v) is 3.25. The van der Waals surface area contributed by atoms with Crippen molar-refractivity contribution in [1.82, 2.24) is 0 Å². The first-order chi connectivity index (χ1) is 6.94. The SMILES string of the molecule is CC(C)(C)OC(=O)C1(N)CC(C(C)(C)C)C1. The van der Waals surface area contributed by atoms with E-state index < -0.39 is 11.1 Å². The molecular formula is C13H25NO2. The lowest BCUT2D eigenvalue weighted by molar-refractivity contribution is -0.169. The molecular weight excluding hydrogens is 202 g/mol. The fourth-order valence-electron chi connectivity index (χ4n) is 1.98. The van der Waals surface area contributed by atoms with Crippen molar-refractivity contribution >= 4 is 5.97 Å². The van der Waals surface area contributed by atoms with Gasteiger partial charge in [0, 0.05) is 0 Å². The lowest BCUT2D eigenvalue weighted by Gasteiger charge is -2.49. The van der Waals surface area contributed by atoms with Gasteiger partial charge >= 0.3 is 5.97 Å². The van der Waals surface area contributed by atoms with Crippen molar-refractivity contribution < 1.29 is 9.53 Å². The standard InChI is InChI=1S/C13H25NO2/c1-11(2,3)9-7-13(14,8-9)10(15)16-12(4,5)6/h9H,7-8,14H2,1-6H3. The van der Waals surface area contributed by atoms with E-state index in [1.165, 1.54) is 0 Å². The fraction of sp³-hybridized carbons (Fsp3) is 0.923. The minimum atomic E-state index is -0.745. The van der Waals surface area contributed by atoms with Gasteiger partial charge in [0.2, 0.25) is 0 Å². The maximum Gasteiger partial charge on any atom is 0.326 e. The van der Waals surface area contributed by atoms with E-state index in [2.05, 4.69) is 20.8 Å². The average Bonchev–Trinajstić information content (AvgIpc) is 1.92. The summed E-state index contributed by atoms with van der Waals surface area (Å²) in [6.07, 6.45) is 1.48. The van der Waals surface area contributed by atoms with E-state index >= 15 is 0 Å². The molecule has 0 heterocycles. The van der Waals surface area contributed by atoms with E-state index in [4.69, 9.17) is 10.5 Å². The molecule has 1 saturated carbocycles. The summed E-state index contributed by atoms with van der Waals surface area (Å²) >= 11 is 0. The summed E-state index contributed by atoms with van der Waals surface area (Å²) < 4.78 is 5.34. The first-order valence-electron chi connectivity index (χ1n) is 5.96. The Labute approximate surface area is 98.7 Å². The van der Waals surface area contributed by atoms with Gasteiger partial charge in [-0.15, -0.1) is 0 Å². The van der Waals surface area contributed by atoms with Crippen LogP contribution in [0, 0.1) is 11.3 Å². The zero-order valence-corrected chi connectivity index (χ0v) is 11.4. The summed E-state index contributed by atoms with van der Waals surface area (Å²) in [4.78, 5) is 11.9. The predicted octanol–water partition coefficient (Wildman–Crippen LogP) is 2.48. The smallest absolute Gasteiger partial charge is 0.326 e. The van der Waals surface area contributed by atoms with E-state index in [1.54, 1.807) is 0 Å². The van der Waals surface area contributed by atoms with Gasteiger partial charge in [0.05, 0.1) is 0 Å². The average molecular weight is 227 g/mol. The Hall–Kier alpha value is -0.570. The van der Waals surface area contributed by atoms with E-state index in [1.807, 2.05) is 20.8 Å². The predicted molar refractivity (Wildman–Crippen MR) is 64.9 cm³/mol. The number of carbonyl (C=O) groups is 1. The topological polar surface area (TPSA) is 52.3 Å². The van der Waals surface area contributed by atoms with Crippen molar-refractivity contribution in [1.29, 1.82) is 0 Å². The monoisotopic (exact) mass is 227 g/mol. The second-order valence-electron chi connectivity index (χ2n) is 7.13. The van der Waals surface area contributed by atoms with Crippen LogP contribution < -0.4 is 5.73 Å². The molecule has 1 aliphatic rings. The van der Waals surface area contributed by atoms with Crippen LogP contribution in [0.3, 0.4) is 0 Å². The van der Waals surface area contributed by atoms with Gasteiger partial charge in [-0.05, 0) is 44.9 Å². The quantitative estimate of drug-likeness (QED) is 0.700. The van der Waals surface area contributed by atoms with E-state index in [-0.39, 0.29) is 11.4 Å². The molecule has 3 nitrogen and oxygen atoms in total. The molecule has 0 atom stereocenters. The van der Waals surface area contributed by atoms with Gasteiger partial charge in [-0.3, -0.25) is 4.79 Å². The molecule has 0 unspecified atom stereocenters. The van der Waals surface area contributed by atoms with Gasteiger partial charge in [-0.2, -0.15) is 0 Å². The molecule has 0 aliphatic heterocycles. The Morgan fingerprint density at radius 1 is 1.19 bits per heavy atom. The van der Waals surface area contributed by atoms with Crippen LogP contribution in [0.5, 0.6) is 0 Å². The molecule has 0 radical (unpaired) electrons. The molecule has 0 aromatic heterocycles. The van der Waals surface area contributed by atoms with Crippen LogP contribution in [-0.2, 0) is 9.53 Å². The van der Waals surface area contributed by atoms with Crippen LogP contribution in [0.15, 0.2) is 0 Å². The zero-order valence-electron chi connectivity index (χ0n) is 11.4. The number of rotatable bonds is 1. The molecule has 2 N–H and O–H groups in total. The Bertz CT molecular complexity index is 277. The van der Waals surface area contributed by atoms with Gasteiger partial charge in [0.25, 0.3) is 0 Å². The summed E-state index contributed by atoms with van der Waals surface area (Å²) in [7, 11) is 0. The van der Waals surface area contributed by atoms with Crippen molar-refractivity contribution in [3.05, 3.63) is 0 Å². The fourth-order valence-corrected chi connectivity index (χ4v) is 1.98. The molecule has 16 heavy (non-hydrogen) atoms. The number of hydrogen-bond donors (Lipinski definition) is 1. The summed E-state index contributed by atoms with van der Waals surface area (Å²) in [6.45, 7) is 12.2. The second kappa shape index (κ2) is 3.73. The third-order valence-electron chi connectivity index (χ3n) is 3.25. The Morgan fingerprint density at radius 2 is 1.62 bits per heavy atom. The Kier molecular flexibility index (Phi) is 3.14. The zero-order chi connectivity index (χ0) is 12.8. The summed E-state index contributed by atoms with van der Waals surface area (Å²) in [5.41, 5.74) is 5.10. The molecule has 0 saturated heterocycles. The number of carbonyl (C=O) groups excluding carboxylic acids is 1. The minimum absolute atomic E-state index is 0.227. The van der Waals surface area contributed by atoms with Crippen LogP contribution in [0.4, 0.5) is 0 Å². The van der Waals surface area contributed by atoms with Crippen molar-refractivity contribution in [2.45, 2.75) is 65.5 Å². The Balaban J connectivity index is 2.55. The largest absolute Gasteiger partial charge is 0.459 e. The molecule has 0 bridgehead atoms. The van der Waals surface area contributed by atoms with Crippen LogP contribution in [0.2, 0.25) is 0 Å². The van der Waals surface area contributed by atoms with Crippen LogP contribution in [0.1, 0.15) is 54.4 Å². The highest BCUT2D eigenvalue weighted by atomic mass is 16.6.